The van der Waals surface area contributed by atoms with E-state index in [-0.39, 0.29) is 36.3 Å². The summed E-state index contributed by atoms with van der Waals surface area (Å²) in [5.41, 5.74) is 10.1. The number of benzene rings is 1. The number of amidine groups is 1. The van der Waals surface area contributed by atoms with Crippen molar-refractivity contribution in [2.24, 2.45) is 16.5 Å². The summed E-state index contributed by atoms with van der Waals surface area (Å²) in [6, 6.07) is 5.42. The molecule has 0 unspecified atom stereocenters. The van der Waals surface area contributed by atoms with Crippen molar-refractivity contribution in [3.05, 3.63) is 45.9 Å². The van der Waals surface area contributed by atoms with Gasteiger partial charge in [-0.15, -0.1) is 0 Å². The van der Waals surface area contributed by atoms with Gasteiger partial charge in [0.05, 0.1) is 11.3 Å². The van der Waals surface area contributed by atoms with Gasteiger partial charge in [0.25, 0.3) is 18.5 Å². The molecule has 0 radical (unpaired) electrons. The van der Waals surface area contributed by atoms with Crippen LogP contribution in [0.3, 0.4) is 0 Å². The van der Waals surface area contributed by atoms with Gasteiger partial charge in [-0.1, -0.05) is 16.4 Å². The first kappa shape index (κ1) is 23.9. The average Bonchev–Trinajstić information content (AvgIpc) is 3.51. The van der Waals surface area contributed by atoms with Crippen LogP contribution in [0.5, 0.6) is 0 Å². The summed E-state index contributed by atoms with van der Waals surface area (Å²) in [5.74, 6) is -0.880. The van der Waals surface area contributed by atoms with Gasteiger partial charge < -0.3 is 22.1 Å². The number of primary amides is 1. The molecule has 3 rings (SSSR count). The molecule has 2 aliphatic rings. The molecule has 0 bridgehead atoms. The van der Waals surface area contributed by atoms with Gasteiger partial charge in [-0.05, 0) is 49.9 Å². The lowest BCUT2D eigenvalue weighted by Gasteiger charge is -2.32. The van der Waals surface area contributed by atoms with Gasteiger partial charge in [-0.25, -0.2) is 4.99 Å². The third kappa shape index (κ3) is 5.53. The lowest BCUT2D eigenvalue weighted by atomic mass is 9.86. The Morgan fingerprint density at radius 1 is 1.25 bits per heavy atom. The van der Waals surface area contributed by atoms with Crippen molar-refractivity contribution in [2.45, 2.75) is 61.9 Å². The molecule has 0 aliphatic heterocycles. The highest BCUT2D eigenvalue weighted by Crippen LogP contribution is 2.49. The van der Waals surface area contributed by atoms with E-state index in [4.69, 9.17) is 29.6 Å². The number of hydrogen-bond donors (Lipinski definition) is 4. The zero-order valence-electron chi connectivity index (χ0n) is 17.2. The summed E-state index contributed by atoms with van der Waals surface area (Å²) in [5, 5.41) is 6.33. The van der Waals surface area contributed by atoms with Crippen LogP contribution in [0.25, 0.3) is 4.85 Å². The summed E-state index contributed by atoms with van der Waals surface area (Å²) >= 11 is 5.84. The van der Waals surface area contributed by atoms with E-state index in [1.807, 2.05) is 0 Å². The first-order valence-corrected chi connectivity index (χ1v) is 10.5. The van der Waals surface area contributed by atoms with E-state index in [2.05, 4.69) is 20.5 Å². The zero-order chi connectivity index (χ0) is 23.5. The zero-order valence-corrected chi connectivity index (χ0v) is 18.0. The van der Waals surface area contributed by atoms with Crippen molar-refractivity contribution in [1.82, 2.24) is 10.6 Å². The van der Waals surface area contributed by atoms with Crippen LogP contribution in [0, 0.1) is 6.57 Å². The molecule has 7 nitrogen and oxygen atoms in total. The third-order valence-corrected chi connectivity index (χ3v) is 6.09. The average molecular weight is 470 g/mol. The van der Waals surface area contributed by atoms with Crippen molar-refractivity contribution in [2.75, 3.05) is 0 Å². The largest absolute Gasteiger partial charge is 0.406 e. The Balaban J connectivity index is 1.66. The van der Waals surface area contributed by atoms with Crippen molar-refractivity contribution in [3.8, 4) is 6.57 Å². The van der Waals surface area contributed by atoms with E-state index >= 15 is 0 Å². The van der Waals surface area contributed by atoms with E-state index < -0.39 is 23.7 Å². The number of hydrogen-bond acceptors (Lipinski definition) is 4. The Bertz CT molecular complexity index is 950. The third-order valence-electron chi connectivity index (χ3n) is 5.84. The number of halogens is 4. The Hall–Kier alpha value is -2.77. The second kappa shape index (κ2) is 9.38. The second-order valence-electron chi connectivity index (χ2n) is 8.12. The van der Waals surface area contributed by atoms with Crippen LogP contribution >= 0.6 is 11.6 Å². The van der Waals surface area contributed by atoms with Crippen molar-refractivity contribution >= 4 is 29.0 Å². The molecule has 1 aromatic rings. The predicted molar refractivity (Wildman–Crippen MR) is 118 cm³/mol. The highest BCUT2D eigenvalue weighted by atomic mass is 35.5. The van der Waals surface area contributed by atoms with E-state index in [1.165, 1.54) is 6.20 Å². The van der Waals surface area contributed by atoms with Crippen LogP contribution in [0.4, 0.5) is 18.9 Å². The molecule has 172 valence electrons. The molecule has 0 saturated heterocycles. The maximum atomic E-state index is 13.2. The number of carbonyl (C=O) groups is 1. The molecule has 3 atom stereocenters. The first-order chi connectivity index (χ1) is 15.0. The van der Waals surface area contributed by atoms with Gasteiger partial charge >= 0.3 is 6.18 Å². The number of nitrogens with one attached hydrogen (secondary N) is 2. The number of amides is 1. The highest BCUT2D eigenvalue weighted by Gasteiger charge is 2.64. The Labute approximate surface area is 188 Å². The minimum Gasteiger partial charge on any atom is -0.383 e. The van der Waals surface area contributed by atoms with Crippen LogP contribution < -0.4 is 22.1 Å². The number of carbonyl (C=O) groups excluding carboxylic acids is 1. The summed E-state index contributed by atoms with van der Waals surface area (Å²) in [6.45, 7) is 5.52. The van der Waals surface area contributed by atoms with Crippen LogP contribution in [0.1, 0.15) is 32.1 Å². The monoisotopic (exact) mass is 469 g/mol. The summed E-state index contributed by atoms with van der Waals surface area (Å²) in [4.78, 5) is 19.9. The predicted octanol–water partition coefficient (Wildman–Crippen LogP) is 3.22. The standard InChI is InChI=1S/C21H24ClF3N6O/c1-28-17-10-14(31-20(8-9-20)21(23,24)25)6-7-16(17)29-11-15(19(27)32)18(26)30-13-4-2-12(22)3-5-13/h1-5,11,14,16-17,31H,6-10H2,(H4-,26,27,29,30,32)/p+1/t14-,16+,17+/m1/s1. The van der Waals surface area contributed by atoms with Gasteiger partial charge in [-0.2, -0.15) is 13.2 Å². The normalized spacial score (nSPS) is 25.7. The molecule has 2 fully saturated rings. The smallest absolute Gasteiger partial charge is 0.383 e. The molecule has 1 amide bonds. The molecule has 1 aromatic carbocycles. The summed E-state index contributed by atoms with van der Waals surface area (Å²) in [6.07, 6.45) is -1.45. The number of nitrogens with zero attached hydrogens (tertiary/aromatic N) is 2. The SMILES string of the molecule is C#[N+][C@H]1C[C@H](NC2(C(F)(F)F)CC2)CC[C@@H]1N/C=C(/C(N)=O)C(N)=Nc1ccc(Cl)cc1. The highest BCUT2D eigenvalue weighted by molar-refractivity contribution is 6.30. The number of nitrogens with two attached hydrogens (primary N) is 2. The van der Waals surface area contributed by atoms with E-state index in [1.54, 1.807) is 24.3 Å². The number of alkyl halides is 3. The molecule has 11 heteroatoms. The van der Waals surface area contributed by atoms with Gasteiger partial charge in [0, 0.05) is 23.7 Å². The summed E-state index contributed by atoms with van der Waals surface area (Å²) < 4.78 is 39.7. The van der Waals surface area contributed by atoms with Gasteiger partial charge in [0.1, 0.15) is 17.4 Å². The van der Waals surface area contributed by atoms with Crippen LogP contribution in [0.15, 0.2) is 41.0 Å². The maximum absolute atomic E-state index is 13.2. The quantitative estimate of drug-likeness (QED) is 0.279. The minimum absolute atomic E-state index is 0.0371. The molecule has 2 saturated carbocycles. The molecule has 6 N–H and O–H groups in total. The molecular weight excluding hydrogens is 445 g/mol. The maximum Gasteiger partial charge on any atom is 0.406 e. The van der Waals surface area contributed by atoms with Gasteiger partial charge in [0.15, 0.2) is 0 Å². The van der Waals surface area contributed by atoms with Crippen LogP contribution in [-0.4, -0.2) is 41.6 Å². The lowest BCUT2D eigenvalue weighted by molar-refractivity contribution is -0.168. The first-order valence-electron chi connectivity index (χ1n) is 10.2. The molecule has 2 aliphatic carbocycles. The number of rotatable bonds is 7. The Kier molecular flexibility index (Phi) is 7.00. The second-order valence-corrected chi connectivity index (χ2v) is 8.56. The van der Waals surface area contributed by atoms with Crippen molar-refractivity contribution in [1.29, 1.82) is 0 Å². The van der Waals surface area contributed by atoms with E-state index in [0.717, 1.165) is 0 Å². The summed E-state index contributed by atoms with van der Waals surface area (Å²) in [7, 11) is 0. The van der Waals surface area contributed by atoms with Crippen LogP contribution in [0.2, 0.25) is 5.02 Å². The Morgan fingerprint density at radius 3 is 2.44 bits per heavy atom. The molecular formula is C21H25ClF3N6O+. The van der Waals surface area contributed by atoms with Crippen LogP contribution in [-0.2, 0) is 4.79 Å². The van der Waals surface area contributed by atoms with Crippen molar-refractivity contribution < 1.29 is 18.0 Å². The minimum atomic E-state index is -4.28. The molecule has 32 heavy (non-hydrogen) atoms. The fourth-order valence-corrected chi connectivity index (χ4v) is 3.96. The number of aliphatic imine (C=N–C) groups is 1. The van der Waals surface area contributed by atoms with Gasteiger partial charge in [-0.3, -0.25) is 4.79 Å². The fourth-order valence-electron chi connectivity index (χ4n) is 3.84. The lowest BCUT2D eigenvalue weighted by Crippen LogP contribution is -2.54. The molecule has 0 aromatic heterocycles. The van der Waals surface area contributed by atoms with Gasteiger partial charge in [0.2, 0.25) is 0 Å². The van der Waals surface area contributed by atoms with Crippen molar-refractivity contribution in [3.63, 3.8) is 0 Å². The molecule has 0 heterocycles. The molecule has 0 spiro atoms. The fraction of sp³-hybridized carbons (Fsp3) is 0.476. The topological polar surface area (TPSA) is 110 Å². The van der Waals surface area contributed by atoms with E-state index in [9.17, 15) is 18.0 Å². The van der Waals surface area contributed by atoms with E-state index in [0.29, 0.717) is 30.0 Å². The Morgan fingerprint density at radius 2 is 1.91 bits per heavy atom.